The summed E-state index contributed by atoms with van der Waals surface area (Å²) < 4.78 is 28.3. The number of sulfonamides is 1. The van der Waals surface area contributed by atoms with Gasteiger partial charge in [-0.15, -0.1) is 0 Å². The van der Waals surface area contributed by atoms with E-state index in [2.05, 4.69) is 22.9 Å². The van der Waals surface area contributed by atoms with Crippen LogP contribution >= 0.6 is 15.9 Å². The Labute approximate surface area is 127 Å². The lowest BCUT2D eigenvalue weighted by Gasteiger charge is -2.11. The molecule has 112 valence electrons. The lowest BCUT2D eigenvalue weighted by molar-refractivity contribution is 0.0443. The molecule has 0 fully saturated rings. The minimum Gasteiger partial charge on any atom is -0.462 e. The number of halogens is 1. The van der Waals surface area contributed by atoms with Crippen LogP contribution in [-0.4, -0.2) is 21.0 Å². The Kier molecular flexibility index (Phi) is 6.16. The SMILES string of the molecule is CCCC(C)COC(=O)c1cc(Br)cc(S(N)(=O)=O)c1. The first kappa shape index (κ1) is 17.1. The maximum absolute atomic E-state index is 11.9. The standard InChI is InChI=1S/C13H18BrNO4S/c1-3-4-9(2)8-19-13(16)10-5-11(14)7-12(6-10)20(15,17)18/h5-7,9H,3-4,8H2,1-2H3,(H2,15,17,18). The van der Waals surface area contributed by atoms with Crippen LogP contribution in [0.3, 0.4) is 0 Å². The van der Waals surface area contributed by atoms with Gasteiger partial charge in [0.25, 0.3) is 0 Å². The van der Waals surface area contributed by atoms with Crippen LogP contribution < -0.4 is 5.14 Å². The van der Waals surface area contributed by atoms with Gasteiger partial charge in [-0.1, -0.05) is 36.2 Å². The lowest BCUT2D eigenvalue weighted by Crippen LogP contribution is -2.15. The highest BCUT2D eigenvalue weighted by molar-refractivity contribution is 9.10. The number of esters is 1. The second kappa shape index (κ2) is 7.19. The first-order valence-electron chi connectivity index (χ1n) is 6.24. The van der Waals surface area contributed by atoms with E-state index in [0.717, 1.165) is 12.8 Å². The van der Waals surface area contributed by atoms with Crippen LogP contribution in [0.25, 0.3) is 0 Å². The largest absolute Gasteiger partial charge is 0.462 e. The van der Waals surface area contributed by atoms with Crippen LogP contribution in [0.4, 0.5) is 0 Å². The van der Waals surface area contributed by atoms with Crippen molar-refractivity contribution in [2.45, 2.75) is 31.6 Å². The number of carbonyl (C=O) groups is 1. The zero-order chi connectivity index (χ0) is 15.3. The summed E-state index contributed by atoms with van der Waals surface area (Å²) in [5.41, 5.74) is 0.159. The van der Waals surface area contributed by atoms with Gasteiger partial charge in [-0.05, 0) is 30.5 Å². The molecule has 2 N–H and O–H groups in total. The number of ether oxygens (including phenoxy) is 1. The molecule has 1 aromatic rings. The molecular weight excluding hydrogens is 346 g/mol. The number of rotatable bonds is 6. The predicted molar refractivity (Wildman–Crippen MR) is 79.9 cm³/mol. The molecule has 0 bridgehead atoms. The van der Waals surface area contributed by atoms with Gasteiger partial charge < -0.3 is 4.74 Å². The molecule has 0 spiro atoms. The highest BCUT2D eigenvalue weighted by Gasteiger charge is 2.15. The van der Waals surface area contributed by atoms with Crippen LogP contribution in [0.2, 0.25) is 0 Å². The average Bonchev–Trinajstić information content (AvgIpc) is 2.34. The fourth-order valence-electron chi connectivity index (χ4n) is 1.72. The van der Waals surface area contributed by atoms with E-state index in [-0.39, 0.29) is 16.4 Å². The molecule has 5 nitrogen and oxygen atoms in total. The van der Waals surface area contributed by atoms with Crippen molar-refractivity contribution in [2.24, 2.45) is 11.1 Å². The Hall–Kier alpha value is -0.920. The average molecular weight is 364 g/mol. The summed E-state index contributed by atoms with van der Waals surface area (Å²) in [6.07, 6.45) is 1.99. The van der Waals surface area contributed by atoms with Crippen molar-refractivity contribution in [3.63, 3.8) is 0 Å². The van der Waals surface area contributed by atoms with Gasteiger partial charge in [0.15, 0.2) is 0 Å². The van der Waals surface area contributed by atoms with E-state index in [1.54, 1.807) is 0 Å². The number of hydrogen-bond acceptors (Lipinski definition) is 4. The highest BCUT2D eigenvalue weighted by atomic mass is 79.9. The Bertz CT molecular complexity index is 586. The first-order valence-corrected chi connectivity index (χ1v) is 8.58. The van der Waals surface area contributed by atoms with E-state index >= 15 is 0 Å². The van der Waals surface area contributed by atoms with E-state index in [1.165, 1.54) is 18.2 Å². The highest BCUT2D eigenvalue weighted by Crippen LogP contribution is 2.19. The summed E-state index contributed by atoms with van der Waals surface area (Å²) >= 11 is 3.15. The molecule has 0 amide bonds. The second-order valence-corrected chi connectivity index (χ2v) is 7.19. The number of nitrogens with two attached hydrogens (primary N) is 1. The molecule has 0 aliphatic carbocycles. The van der Waals surface area contributed by atoms with E-state index in [4.69, 9.17) is 9.88 Å². The van der Waals surface area contributed by atoms with Gasteiger partial charge in [0.1, 0.15) is 0 Å². The van der Waals surface area contributed by atoms with Crippen molar-refractivity contribution in [1.29, 1.82) is 0 Å². The fraction of sp³-hybridized carbons (Fsp3) is 0.462. The molecule has 20 heavy (non-hydrogen) atoms. The zero-order valence-electron chi connectivity index (χ0n) is 11.4. The molecule has 1 aromatic carbocycles. The van der Waals surface area contributed by atoms with E-state index in [9.17, 15) is 13.2 Å². The van der Waals surface area contributed by atoms with Gasteiger partial charge in [-0.3, -0.25) is 0 Å². The first-order chi connectivity index (χ1) is 9.24. The van der Waals surface area contributed by atoms with Crippen LogP contribution in [0, 0.1) is 5.92 Å². The van der Waals surface area contributed by atoms with Gasteiger partial charge >= 0.3 is 5.97 Å². The van der Waals surface area contributed by atoms with Crippen molar-refractivity contribution >= 4 is 31.9 Å². The van der Waals surface area contributed by atoms with Crippen molar-refractivity contribution in [1.82, 2.24) is 0 Å². The smallest absolute Gasteiger partial charge is 0.338 e. The summed E-state index contributed by atoms with van der Waals surface area (Å²) in [6, 6.07) is 4.06. The Morgan fingerprint density at radius 2 is 2.05 bits per heavy atom. The van der Waals surface area contributed by atoms with Crippen LogP contribution in [0.1, 0.15) is 37.0 Å². The minimum absolute atomic E-state index is 0.125. The third kappa shape index (κ3) is 5.22. The molecule has 0 aromatic heterocycles. The summed E-state index contributed by atoms with van der Waals surface area (Å²) in [6.45, 7) is 4.36. The molecule has 7 heteroatoms. The Morgan fingerprint density at radius 1 is 1.40 bits per heavy atom. The monoisotopic (exact) mass is 363 g/mol. The fourth-order valence-corrected chi connectivity index (χ4v) is 2.95. The number of primary sulfonamides is 1. The molecule has 1 rings (SSSR count). The molecule has 1 atom stereocenters. The third-order valence-corrected chi connectivity index (χ3v) is 4.07. The summed E-state index contributed by atoms with van der Waals surface area (Å²) in [5.74, 6) is -0.284. The van der Waals surface area contributed by atoms with E-state index in [1.807, 2.05) is 6.92 Å². The van der Waals surface area contributed by atoms with Crippen molar-refractivity contribution in [3.05, 3.63) is 28.2 Å². The molecule has 0 aliphatic rings. The van der Waals surface area contributed by atoms with Gasteiger partial charge in [-0.25, -0.2) is 18.4 Å². The van der Waals surface area contributed by atoms with E-state index in [0.29, 0.717) is 11.1 Å². The number of carbonyl (C=O) groups excluding carboxylic acids is 1. The Balaban J connectivity index is 2.86. The van der Waals surface area contributed by atoms with Crippen molar-refractivity contribution < 1.29 is 17.9 Å². The number of benzene rings is 1. The molecule has 0 radical (unpaired) electrons. The van der Waals surface area contributed by atoms with Gasteiger partial charge in [0.2, 0.25) is 10.0 Å². The summed E-state index contributed by atoms with van der Waals surface area (Å²) in [5, 5.41) is 5.06. The third-order valence-electron chi connectivity index (χ3n) is 2.72. The van der Waals surface area contributed by atoms with Gasteiger partial charge in [0.05, 0.1) is 17.1 Å². The van der Waals surface area contributed by atoms with Crippen LogP contribution in [0.5, 0.6) is 0 Å². The number of hydrogen-bond donors (Lipinski definition) is 1. The predicted octanol–water partition coefficient (Wildman–Crippen LogP) is 2.69. The zero-order valence-corrected chi connectivity index (χ0v) is 13.8. The van der Waals surface area contributed by atoms with Crippen molar-refractivity contribution in [3.8, 4) is 0 Å². The summed E-state index contributed by atoms with van der Waals surface area (Å²) in [4.78, 5) is 11.8. The van der Waals surface area contributed by atoms with Gasteiger partial charge in [0, 0.05) is 4.47 Å². The molecule has 0 aliphatic heterocycles. The molecular formula is C13H18BrNO4S. The molecule has 1 unspecified atom stereocenters. The lowest BCUT2D eigenvalue weighted by atomic mass is 10.1. The Morgan fingerprint density at radius 3 is 2.60 bits per heavy atom. The normalized spacial score (nSPS) is 13.0. The minimum atomic E-state index is -3.86. The van der Waals surface area contributed by atoms with Crippen LogP contribution in [0.15, 0.2) is 27.6 Å². The quantitative estimate of drug-likeness (QED) is 0.787. The maximum Gasteiger partial charge on any atom is 0.338 e. The molecule has 0 saturated carbocycles. The van der Waals surface area contributed by atoms with Crippen molar-refractivity contribution in [2.75, 3.05) is 6.61 Å². The van der Waals surface area contributed by atoms with E-state index < -0.39 is 16.0 Å². The second-order valence-electron chi connectivity index (χ2n) is 4.71. The molecule has 0 saturated heterocycles. The topological polar surface area (TPSA) is 86.5 Å². The van der Waals surface area contributed by atoms with Gasteiger partial charge in [-0.2, -0.15) is 0 Å². The molecule has 0 heterocycles. The van der Waals surface area contributed by atoms with Crippen LogP contribution in [-0.2, 0) is 14.8 Å². The summed E-state index contributed by atoms with van der Waals surface area (Å²) in [7, 11) is -3.86. The maximum atomic E-state index is 11.9.